The Kier molecular flexibility index (Phi) is 5.60. The molecule has 0 bridgehead atoms. The molecule has 1 aromatic rings. The van der Waals surface area contributed by atoms with Crippen molar-refractivity contribution in [1.82, 2.24) is 15.5 Å². The van der Waals surface area contributed by atoms with Crippen molar-refractivity contribution in [1.29, 1.82) is 0 Å². The molecule has 1 heterocycles. The van der Waals surface area contributed by atoms with Crippen LogP contribution in [0.25, 0.3) is 0 Å². The molecule has 0 saturated heterocycles. The molecule has 0 aliphatic carbocycles. The van der Waals surface area contributed by atoms with E-state index < -0.39 is 0 Å². The van der Waals surface area contributed by atoms with Crippen LogP contribution in [0.15, 0.2) is 22.8 Å². The highest BCUT2D eigenvalue weighted by Gasteiger charge is 2.01. The van der Waals surface area contributed by atoms with Crippen molar-refractivity contribution >= 4 is 5.91 Å². The van der Waals surface area contributed by atoms with Crippen LogP contribution < -0.4 is 10.6 Å². The maximum Gasteiger partial charge on any atom is 0.234 e. The number of likely N-dealkylation sites (N-methyl/N-ethyl adjacent to an activating group) is 1. The smallest absolute Gasteiger partial charge is 0.234 e. The maximum absolute atomic E-state index is 11.3. The summed E-state index contributed by atoms with van der Waals surface area (Å²) in [7, 11) is 3.95. The molecule has 16 heavy (non-hydrogen) atoms. The van der Waals surface area contributed by atoms with Crippen LogP contribution in [0.5, 0.6) is 0 Å². The van der Waals surface area contributed by atoms with Gasteiger partial charge in [0, 0.05) is 13.1 Å². The van der Waals surface area contributed by atoms with Crippen molar-refractivity contribution in [2.45, 2.75) is 6.54 Å². The predicted molar refractivity (Wildman–Crippen MR) is 62.0 cm³/mol. The van der Waals surface area contributed by atoms with Gasteiger partial charge in [-0.25, -0.2) is 0 Å². The van der Waals surface area contributed by atoms with Gasteiger partial charge in [0.25, 0.3) is 0 Å². The Balaban J connectivity index is 2.02. The van der Waals surface area contributed by atoms with Crippen LogP contribution in [0.2, 0.25) is 0 Å². The van der Waals surface area contributed by atoms with E-state index in [1.165, 1.54) is 0 Å². The molecule has 0 radical (unpaired) electrons. The minimum Gasteiger partial charge on any atom is -0.468 e. The van der Waals surface area contributed by atoms with E-state index in [4.69, 9.17) is 4.42 Å². The number of hydrogen-bond donors (Lipinski definition) is 2. The third-order valence-corrected chi connectivity index (χ3v) is 2.05. The lowest BCUT2D eigenvalue weighted by atomic mass is 10.4. The zero-order valence-electron chi connectivity index (χ0n) is 9.82. The van der Waals surface area contributed by atoms with Crippen molar-refractivity contribution in [2.24, 2.45) is 0 Å². The highest BCUT2D eigenvalue weighted by atomic mass is 16.3. The number of hydrogen-bond acceptors (Lipinski definition) is 4. The molecule has 0 aromatic carbocycles. The summed E-state index contributed by atoms with van der Waals surface area (Å²) < 4.78 is 5.13. The molecule has 0 saturated carbocycles. The van der Waals surface area contributed by atoms with Crippen LogP contribution in [0.3, 0.4) is 0 Å². The molecule has 5 heteroatoms. The Morgan fingerprint density at radius 3 is 2.94 bits per heavy atom. The second-order valence-corrected chi connectivity index (χ2v) is 3.84. The Morgan fingerprint density at radius 1 is 1.50 bits per heavy atom. The van der Waals surface area contributed by atoms with Gasteiger partial charge in [-0.05, 0) is 26.2 Å². The summed E-state index contributed by atoms with van der Waals surface area (Å²) in [6.07, 6.45) is 1.62. The standard InChI is InChI=1S/C11H19N3O2/c1-14(2)6-5-13-11(15)9-12-8-10-4-3-7-16-10/h3-4,7,12H,5-6,8-9H2,1-2H3,(H,13,15). The quantitative estimate of drug-likeness (QED) is 0.688. The minimum absolute atomic E-state index is 0.00778. The fraction of sp³-hybridized carbons (Fsp3) is 0.545. The number of carbonyl (C=O) groups excluding carboxylic acids is 1. The molecule has 0 spiro atoms. The SMILES string of the molecule is CN(C)CCNC(=O)CNCc1ccco1. The van der Waals surface area contributed by atoms with Crippen LogP contribution in [0, 0.1) is 0 Å². The average molecular weight is 225 g/mol. The molecular weight excluding hydrogens is 206 g/mol. The highest BCUT2D eigenvalue weighted by molar-refractivity contribution is 5.77. The lowest BCUT2D eigenvalue weighted by molar-refractivity contribution is -0.120. The van der Waals surface area contributed by atoms with Gasteiger partial charge in [-0.2, -0.15) is 0 Å². The second kappa shape index (κ2) is 7.03. The molecule has 0 atom stereocenters. The van der Waals surface area contributed by atoms with Crippen LogP contribution in [0.4, 0.5) is 0 Å². The van der Waals surface area contributed by atoms with E-state index in [0.29, 0.717) is 19.6 Å². The Hall–Kier alpha value is -1.33. The van der Waals surface area contributed by atoms with E-state index in [1.54, 1.807) is 6.26 Å². The van der Waals surface area contributed by atoms with Crippen LogP contribution in [-0.4, -0.2) is 44.5 Å². The van der Waals surface area contributed by atoms with Crippen molar-refractivity contribution in [2.75, 3.05) is 33.7 Å². The molecule has 0 aliphatic heterocycles. The monoisotopic (exact) mass is 225 g/mol. The zero-order chi connectivity index (χ0) is 11.8. The molecular formula is C11H19N3O2. The first-order valence-corrected chi connectivity index (χ1v) is 5.33. The first-order valence-electron chi connectivity index (χ1n) is 5.33. The Labute approximate surface area is 95.8 Å². The summed E-state index contributed by atoms with van der Waals surface area (Å²) in [5.74, 6) is 0.842. The van der Waals surface area contributed by atoms with Gasteiger partial charge in [-0.15, -0.1) is 0 Å². The number of rotatable bonds is 7. The molecule has 0 aliphatic rings. The van der Waals surface area contributed by atoms with Gasteiger partial charge in [0.1, 0.15) is 5.76 Å². The van der Waals surface area contributed by atoms with Gasteiger partial charge in [-0.3, -0.25) is 4.79 Å². The van der Waals surface area contributed by atoms with Gasteiger partial charge in [0.05, 0.1) is 19.4 Å². The van der Waals surface area contributed by atoms with Gasteiger partial charge < -0.3 is 20.0 Å². The van der Waals surface area contributed by atoms with E-state index in [2.05, 4.69) is 10.6 Å². The summed E-state index contributed by atoms with van der Waals surface area (Å²) in [6, 6.07) is 3.70. The summed E-state index contributed by atoms with van der Waals surface area (Å²) >= 11 is 0. The summed E-state index contributed by atoms with van der Waals surface area (Å²) in [6.45, 7) is 2.42. The van der Waals surface area contributed by atoms with Gasteiger partial charge >= 0.3 is 0 Å². The van der Waals surface area contributed by atoms with Crippen LogP contribution in [-0.2, 0) is 11.3 Å². The van der Waals surface area contributed by atoms with Crippen molar-refractivity contribution < 1.29 is 9.21 Å². The Bertz CT molecular complexity index is 296. The number of furan rings is 1. The minimum atomic E-state index is 0.00778. The predicted octanol–water partition coefficient (Wildman–Crippen LogP) is 0.0470. The summed E-state index contributed by atoms with van der Waals surface area (Å²) in [5, 5.41) is 5.83. The lowest BCUT2D eigenvalue weighted by Crippen LogP contribution is -2.37. The molecule has 1 amide bonds. The molecule has 90 valence electrons. The van der Waals surface area contributed by atoms with Crippen LogP contribution >= 0.6 is 0 Å². The zero-order valence-corrected chi connectivity index (χ0v) is 9.82. The van der Waals surface area contributed by atoms with Crippen molar-refractivity contribution in [3.05, 3.63) is 24.2 Å². The Morgan fingerprint density at radius 2 is 2.31 bits per heavy atom. The number of nitrogens with one attached hydrogen (secondary N) is 2. The first-order chi connectivity index (χ1) is 7.68. The topological polar surface area (TPSA) is 57.5 Å². The fourth-order valence-electron chi connectivity index (χ4n) is 1.19. The molecule has 0 unspecified atom stereocenters. The molecule has 1 rings (SSSR count). The summed E-state index contributed by atoms with van der Waals surface area (Å²) in [5.41, 5.74) is 0. The number of carbonyl (C=O) groups is 1. The van der Waals surface area contributed by atoms with Crippen molar-refractivity contribution in [3.63, 3.8) is 0 Å². The normalized spacial score (nSPS) is 10.7. The van der Waals surface area contributed by atoms with E-state index in [0.717, 1.165) is 12.3 Å². The van der Waals surface area contributed by atoms with E-state index >= 15 is 0 Å². The highest BCUT2D eigenvalue weighted by Crippen LogP contribution is 1.97. The van der Waals surface area contributed by atoms with Gasteiger partial charge in [0.15, 0.2) is 0 Å². The number of amides is 1. The molecule has 0 fully saturated rings. The summed E-state index contributed by atoms with van der Waals surface area (Å²) in [4.78, 5) is 13.4. The first kappa shape index (κ1) is 12.7. The average Bonchev–Trinajstić information content (AvgIpc) is 2.70. The largest absolute Gasteiger partial charge is 0.468 e. The van der Waals surface area contributed by atoms with E-state index in [1.807, 2.05) is 31.1 Å². The third kappa shape index (κ3) is 5.53. The van der Waals surface area contributed by atoms with Crippen molar-refractivity contribution in [3.8, 4) is 0 Å². The van der Waals surface area contributed by atoms with E-state index in [9.17, 15) is 4.79 Å². The maximum atomic E-state index is 11.3. The van der Waals surface area contributed by atoms with Gasteiger partial charge in [-0.1, -0.05) is 0 Å². The second-order valence-electron chi connectivity index (χ2n) is 3.84. The molecule has 5 nitrogen and oxygen atoms in total. The van der Waals surface area contributed by atoms with Gasteiger partial charge in [0.2, 0.25) is 5.91 Å². The molecule has 2 N–H and O–H groups in total. The van der Waals surface area contributed by atoms with Crippen LogP contribution in [0.1, 0.15) is 5.76 Å². The number of nitrogens with zero attached hydrogens (tertiary/aromatic N) is 1. The third-order valence-electron chi connectivity index (χ3n) is 2.05. The van der Waals surface area contributed by atoms with E-state index in [-0.39, 0.29) is 5.91 Å². The molecule has 1 aromatic heterocycles. The fourth-order valence-corrected chi connectivity index (χ4v) is 1.19. The lowest BCUT2D eigenvalue weighted by Gasteiger charge is -2.10.